The van der Waals surface area contributed by atoms with Gasteiger partial charge in [0.15, 0.2) is 5.11 Å². The molecule has 0 unspecified atom stereocenters. The first kappa shape index (κ1) is 22.8. The van der Waals surface area contributed by atoms with E-state index >= 15 is 0 Å². The lowest BCUT2D eigenvalue weighted by atomic mass is 10.1. The highest BCUT2D eigenvalue weighted by molar-refractivity contribution is 7.80. The topological polar surface area (TPSA) is 57.4 Å². The Labute approximate surface area is 189 Å². The van der Waals surface area contributed by atoms with Gasteiger partial charge >= 0.3 is 0 Å². The predicted molar refractivity (Wildman–Crippen MR) is 132 cm³/mol. The standard InChI is InChI=1S/C25H31N3O2S/c1-4-5-12-26-25(31)28(13-11-19-8-6-7-18(2)14-19)17-21-15-20-16-22(30-3)9-10-23(20)27-24(21)29/h6-10,14-16H,4-5,11-13,17H2,1-3H3,(H,26,31)(H,27,29). The third-order valence-electron chi connectivity index (χ3n) is 5.34. The number of pyridine rings is 1. The number of hydrogen-bond donors (Lipinski definition) is 2. The molecule has 1 aromatic heterocycles. The van der Waals surface area contributed by atoms with Crippen LogP contribution in [-0.4, -0.2) is 35.2 Å². The average Bonchev–Trinajstić information content (AvgIpc) is 2.76. The van der Waals surface area contributed by atoms with Crippen LogP contribution in [0.2, 0.25) is 0 Å². The zero-order valence-corrected chi connectivity index (χ0v) is 19.3. The number of nitrogens with zero attached hydrogens (tertiary/aromatic N) is 1. The molecule has 0 atom stereocenters. The number of rotatable bonds is 9. The Bertz CT molecular complexity index is 1090. The maximum Gasteiger partial charge on any atom is 0.253 e. The third kappa shape index (κ3) is 6.31. The van der Waals surface area contributed by atoms with E-state index in [2.05, 4.69) is 53.3 Å². The van der Waals surface area contributed by atoms with Crippen molar-refractivity contribution in [1.29, 1.82) is 0 Å². The van der Waals surface area contributed by atoms with Crippen molar-refractivity contribution in [3.8, 4) is 5.75 Å². The van der Waals surface area contributed by atoms with Crippen molar-refractivity contribution in [2.24, 2.45) is 0 Å². The normalized spacial score (nSPS) is 10.8. The SMILES string of the molecule is CCCCNC(=S)N(CCc1cccc(C)c1)Cc1cc2cc(OC)ccc2[nH]c1=O. The van der Waals surface area contributed by atoms with E-state index in [1.54, 1.807) is 7.11 Å². The van der Waals surface area contributed by atoms with Crippen LogP contribution < -0.4 is 15.6 Å². The fraction of sp³-hybridized carbons (Fsp3) is 0.360. The molecular weight excluding hydrogens is 406 g/mol. The minimum Gasteiger partial charge on any atom is -0.497 e. The number of H-pyrrole nitrogens is 1. The summed E-state index contributed by atoms with van der Waals surface area (Å²) in [5.74, 6) is 0.763. The van der Waals surface area contributed by atoms with Crippen LogP contribution >= 0.6 is 12.2 Å². The zero-order valence-electron chi connectivity index (χ0n) is 18.5. The van der Waals surface area contributed by atoms with Crippen molar-refractivity contribution in [2.75, 3.05) is 20.2 Å². The smallest absolute Gasteiger partial charge is 0.253 e. The molecular formula is C25H31N3O2S. The lowest BCUT2D eigenvalue weighted by Crippen LogP contribution is -2.41. The van der Waals surface area contributed by atoms with Crippen LogP contribution in [0.1, 0.15) is 36.5 Å². The second kappa shape index (κ2) is 11.0. The van der Waals surface area contributed by atoms with Crippen LogP contribution in [0.5, 0.6) is 5.75 Å². The summed E-state index contributed by atoms with van der Waals surface area (Å²) in [7, 11) is 1.64. The quantitative estimate of drug-likeness (QED) is 0.380. The van der Waals surface area contributed by atoms with Crippen LogP contribution in [0.4, 0.5) is 0 Å². The number of benzene rings is 2. The maximum absolute atomic E-state index is 12.7. The Morgan fingerprint density at radius 3 is 2.77 bits per heavy atom. The fourth-order valence-corrected chi connectivity index (χ4v) is 3.81. The summed E-state index contributed by atoms with van der Waals surface area (Å²) in [6, 6.07) is 16.1. The van der Waals surface area contributed by atoms with E-state index in [1.807, 2.05) is 24.3 Å². The Kier molecular flexibility index (Phi) is 8.06. The Morgan fingerprint density at radius 1 is 1.19 bits per heavy atom. The number of aromatic amines is 1. The Balaban J connectivity index is 1.83. The average molecular weight is 438 g/mol. The summed E-state index contributed by atoms with van der Waals surface area (Å²) in [4.78, 5) is 17.8. The molecule has 2 aromatic carbocycles. The second-order valence-electron chi connectivity index (χ2n) is 7.82. The highest BCUT2D eigenvalue weighted by atomic mass is 32.1. The van der Waals surface area contributed by atoms with Gasteiger partial charge in [-0.1, -0.05) is 43.2 Å². The molecule has 0 aliphatic heterocycles. The van der Waals surface area contributed by atoms with Gasteiger partial charge in [-0.3, -0.25) is 4.79 Å². The molecule has 0 radical (unpaired) electrons. The van der Waals surface area contributed by atoms with E-state index in [-0.39, 0.29) is 5.56 Å². The van der Waals surface area contributed by atoms with Crippen LogP contribution in [0.25, 0.3) is 10.9 Å². The van der Waals surface area contributed by atoms with Gasteiger partial charge in [0.25, 0.3) is 5.56 Å². The first-order chi connectivity index (χ1) is 15.0. The molecule has 0 saturated heterocycles. The first-order valence-corrected chi connectivity index (χ1v) is 11.2. The summed E-state index contributed by atoms with van der Waals surface area (Å²) in [6.07, 6.45) is 3.02. The van der Waals surface area contributed by atoms with Crippen molar-refractivity contribution >= 4 is 28.2 Å². The summed E-state index contributed by atoms with van der Waals surface area (Å²) in [6.45, 7) is 6.27. The molecule has 1 heterocycles. The minimum atomic E-state index is -0.0884. The minimum absolute atomic E-state index is 0.0884. The molecule has 3 aromatic rings. The number of aryl methyl sites for hydroxylation is 1. The van der Waals surface area contributed by atoms with Gasteiger partial charge in [-0.2, -0.15) is 0 Å². The van der Waals surface area contributed by atoms with E-state index in [0.717, 1.165) is 49.0 Å². The number of aromatic nitrogens is 1. The molecule has 31 heavy (non-hydrogen) atoms. The molecule has 0 saturated carbocycles. The molecule has 0 amide bonds. The molecule has 2 N–H and O–H groups in total. The second-order valence-corrected chi connectivity index (χ2v) is 8.21. The number of unbranched alkanes of at least 4 members (excludes halogenated alkanes) is 1. The van der Waals surface area contributed by atoms with Crippen molar-refractivity contribution in [3.05, 3.63) is 75.6 Å². The summed E-state index contributed by atoms with van der Waals surface area (Å²) >= 11 is 5.69. The molecule has 0 spiro atoms. The van der Waals surface area contributed by atoms with Gasteiger partial charge in [0.05, 0.1) is 13.7 Å². The van der Waals surface area contributed by atoms with Gasteiger partial charge < -0.3 is 19.9 Å². The number of fused-ring (bicyclic) bond motifs is 1. The van der Waals surface area contributed by atoms with E-state index in [9.17, 15) is 4.79 Å². The van der Waals surface area contributed by atoms with Crippen LogP contribution in [0.3, 0.4) is 0 Å². The molecule has 0 aliphatic rings. The first-order valence-electron chi connectivity index (χ1n) is 10.8. The monoisotopic (exact) mass is 437 g/mol. The number of methoxy groups -OCH3 is 1. The van der Waals surface area contributed by atoms with Gasteiger partial charge in [-0.15, -0.1) is 0 Å². The van der Waals surface area contributed by atoms with Crippen molar-refractivity contribution in [3.63, 3.8) is 0 Å². The molecule has 6 heteroatoms. The van der Waals surface area contributed by atoms with E-state index in [0.29, 0.717) is 17.2 Å². The van der Waals surface area contributed by atoms with Gasteiger partial charge in [0, 0.05) is 29.6 Å². The van der Waals surface area contributed by atoms with E-state index < -0.39 is 0 Å². The molecule has 0 aliphatic carbocycles. The Hall–Kier alpha value is -2.86. The molecule has 3 rings (SSSR count). The lowest BCUT2D eigenvalue weighted by molar-refractivity contribution is 0.407. The van der Waals surface area contributed by atoms with Gasteiger partial charge in [0.2, 0.25) is 0 Å². The molecule has 164 valence electrons. The molecule has 0 fully saturated rings. The summed E-state index contributed by atoms with van der Waals surface area (Å²) in [5, 5.41) is 4.98. The number of thiocarbonyl (C=S) groups is 1. The highest BCUT2D eigenvalue weighted by Gasteiger charge is 2.14. The van der Waals surface area contributed by atoms with E-state index in [4.69, 9.17) is 17.0 Å². The van der Waals surface area contributed by atoms with Crippen LogP contribution in [0, 0.1) is 6.92 Å². The largest absolute Gasteiger partial charge is 0.497 e. The fourth-order valence-electron chi connectivity index (χ4n) is 3.55. The maximum atomic E-state index is 12.7. The predicted octanol–water partition coefficient (Wildman–Crippen LogP) is 4.56. The summed E-state index contributed by atoms with van der Waals surface area (Å²) in [5.41, 5.74) is 3.90. The number of hydrogen-bond acceptors (Lipinski definition) is 3. The van der Waals surface area contributed by atoms with Crippen LogP contribution in [0.15, 0.2) is 53.3 Å². The third-order valence-corrected chi connectivity index (χ3v) is 5.74. The molecule has 0 bridgehead atoms. The summed E-state index contributed by atoms with van der Waals surface area (Å²) < 4.78 is 5.33. The zero-order chi connectivity index (χ0) is 22.2. The van der Waals surface area contributed by atoms with Crippen molar-refractivity contribution in [2.45, 2.75) is 39.7 Å². The van der Waals surface area contributed by atoms with Gasteiger partial charge in [0.1, 0.15) is 5.75 Å². The lowest BCUT2D eigenvalue weighted by Gasteiger charge is -2.26. The van der Waals surface area contributed by atoms with Crippen LogP contribution in [-0.2, 0) is 13.0 Å². The van der Waals surface area contributed by atoms with Crippen molar-refractivity contribution in [1.82, 2.24) is 15.2 Å². The van der Waals surface area contributed by atoms with E-state index in [1.165, 1.54) is 11.1 Å². The van der Waals surface area contributed by atoms with Crippen molar-refractivity contribution < 1.29 is 4.74 Å². The van der Waals surface area contributed by atoms with Gasteiger partial charge in [-0.25, -0.2) is 0 Å². The van der Waals surface area contributed by atoms with Gasteiger partial charge in [-0.05, 0) is 61.8 Å². The number of ether oxygens (including phenoxy) is 1. The molecule has 5 nitrogen and oxygen atoms in total. The highest BCUT2D eigenvalue weighted by Crippen LogP contribution is 2.19. The number of nitrogens with one attached hydrogen (secondary N) is 2. The Morgan fingerprint density at radius 2 is 2.03 bits per heavy atom.